The number of nitrogens with one attached hydrogen (secondary N) is 2. The summed E-state index contributed by atoms with van der Waals surface area (Å²) in [5, 5.41) is 10.3. The first-order chi connectivity index (χ1) is 11.7. The second-order valence-corrected chi connectivity index (χ2v) is 7.58. The van der Waals surface area contributed by atoms with E-state index in [1.807, 2.05) is 29.2 Å². The predicted octanol–water partition coefficient (Wildman–Crippen LogP) is 3.54. The molecule has 7 heteroatoms. The Labute approximate surface area is 149 Å². The number of nitrogens with zero attached hydrogens (tertiary/aromatic N) is 3. The van der Waals surface area contributed by atoms with Gasteiger partial charge < -0.3 is 10.2 Å². The van der Waals surface area contributed by atoms with Crippen LogP contribution < -0.4 is 5.32 Å². The number of urea groups is 1. The van der Waals surface area contributed by atoms with Crippen molar-refractivity contribution in [3.05, 3.63) is 40.4 Å². The number of aromatic amines is 1. The average molecular weight is 390 g/mol. The first-order valence-electron chi connectivity index (χ1n) is 8.40. The summed E-state index contributed by atoms with van der Waals surface area (Å²) in [6.07, 6.45) is 4.29. The van der Waals surface area contributed by atoms with Gasteiger partial charge in [-0.1, -0.05) is 22.0 Å². The van der Waals surface area contributed by atoms with Gasteiger partial charge in [0.2, 0.25) is 0 Å². The van der Waals surface area contributed by atoms with Crippen molar-refractivity contribution in [2.75, 3.05) is 18.4 Å². The standard InChI is InChI=1S/C17H20BrN5O/c18-13-2-1-3-14(9-13)19-17(24)23-7-6-11(10-23)8-15-20-16(22-21-15)12-4-5-12/h1-3,9,11-12H,4-8,10H2,(H,19,24)(H,20,21,22). The van der Waals surface area contributed by atoms with Crippen LogP contribution in [0.5, 0.6) is 0 Å². The molecule has 2 aromatic rings. The maximum atomic E-state index is 12.4. The van der Waals surface area contributed by atoms with E-state index in [9.17, 15) is 4.79 Å². The molecule has 1 aromatic carbocycles. The average Bonchev–Trinajstić information content (AvgIpc) is 3.12. The van der Waals surface area contributed by atoms with Crippen molar-refractivity contribution >= 4 is 27.6 Å². The third-order valence-electron chi connectivity index (χ3n) is 4.62. The normalized spacial score (nSPS) is 20.4. The molecular formula is C17H20BrN5O. The van der Waals surface area contributed by atoms with Crippen molar-refractivity contribution < 1.29 is 4.79 Å². The molecule has 0 radical (unpaired) electrons. The van der Waals surface area contributed by atoms with E-state index >= 15 is 0 Å². The third-order valence-corrected chi connectivity index (χ3v) is 5.12. The number of amides is 2. The number of benzene rings is 1. The maximum Gasteiger partial charge on any atom is 0.321 e. The van der Waals surface area contributed by atoms with Crippen molar-refractivity contribution in [3.63, 3.8) is 0 Å². The number of carbonyl (C=O) groups excluding carboxylic acids is 1. The van der Waals surface area contributed by atoms with Gasteiger partial charge in [0.25, 0.3) is 0 Å². The van der Waals surface area contributed by atoms with Crippen LogP contribution in [0.1, 0.15) is 36.8 Å². The Morgan fingerprint density at radius 3 is 3.04 bits per heavy atom. The van der Waals surface area contributed by atoms with Gasteiger partial charge in [0, 0.05) is 35.6 Å². The highest BCUT2D eigenvalue weighted by Gasteiger charge is 2.30. The topological polar surface area (TPSA) is 73.9 Å². The van der Waals surface area contributed by atoms with Crippen LogP contribution in [0.15, 0.2) is 28.7 Å². The fourth-order valence-corrected chi connectivity index (χ4v) is 3.55. The monoisotopic (exact) mass is 389 g/mol. The molecule has 6 nitrogen and oxygen atoms in total. The Hall–Kier alpha value is -1.89. The lowest BCUT2D eigenvalue weighted by Crippen LogP contribution is -2.33. The van der Waals surface area contributed by atoms with E-state index in [2.05, 4.69) is 36.4 Å². The lowest BCUT2D eigenvalue weighted by molar-refractivity contribution is 0.220. The molecule has 2 N–H and O–H groups in total. The first-order valence-corrected chi connectivity index (χ1v) is 9.19. The molecule has 24 heavy (non-hydrogen) atoms. The zero-order valence-corrected chi connectivity index (χ0v) is 14.9. The van der Waals surface area contributed by atoms with Crippen LogP contribution in [0.2, 0.25) is 0 Å². The van der Waals surface area contributed by atoms with Crippen LogP contribution in [0.3, 0.4) is 0 Å². The Bertz CT molecular complexity index is 742. The number of likely N-dealkylation sites (tertiary alicyclic amines) is 1. The minimum absolute atomic E-state index is 0.0353. The van der Waals surface area contributed by atoms with E-state index in [0.717, 1.165) is 47.7 Å². The van der Waals surface area contributed by atoms with E-state index in [4.69, 9.17) is 0 Å². The summed E-state index contributed by atoms with van der Waals surface area (Å²) in [4.78, 5) is 18.9. The van der Waals surface area contributed by atoms with Crippen LogP contribution >= 0.6 is 15.9 Å². The zero-order chi connectivity index (χ0) is 16.5. The number of anilines is 1. The van der Waals surface area contributed by atoms with Crippen LogP contribution in [0.4, 0.5) is 10.5 Å². The van der Waals surface area contributed by atoms with Crippen LogP contribution in [-0.4, -0.2) is 39.2 Å². The molecule has 2 fully saturated rings. The van der Waals surface area contributed by atoms with E-state index in [0.29, 0.717) is 11.8 Å². The second kappa shape index (κ2) is 6.55. The molecule has 1 unspecified atom stereocenters. The zero-order valence-electron chi connectivity index (χ0n) is 13.3. The number of rotatable bonds is 4. The fourth-order valence-electron chi connectivity index (χ4n) is 3.15. The molecule has 2 amide bonds. The predicted molar refractivity (Wildman–Crippen MR) is 94.9 cm³/mol. The Kier molecular flexibility index (Phi) is 4.26. The number of aromatic nitrogens is 3. The molecule has 1 aliphatic carbocycles. The largest absolute Gasteiger partial charge is 0.324 e. The summed E-state index contributed by atoms with van der Waals surface area (Å²) >= 11 is 3.42. The van der Waals surface area contributed by atoms with Crippen molar-refractivity contribution in [2.24, 2.45) is 5.92 Å². The van der Waals surface area contributed by atoms with E-state index in [1.54, 1.807) is 0 Å². The lowest BCUT2D eigenvalue weighted by atomic mass is 10.1. The quantitative estimate of drug-likeness (QED) is 0.839. The van der Waals surface area contributed by atoms with Crippen molar-refractivity contribution in [3.8, 4) is 0 Å². The van der Waals surface area contributed by atoms with Crippen LogP contribution in [0, 0.1) is 5.92 Å². The summed E-state index contributed by atoms with van der Waals surface area (Å²) in [7, 11) is 0. The van der Waals surface area contributed by atoms with Crippen LogP contribution in [0.25, 0.3) is 0 Å². The Morgan fingerprint density at radius 1 is 1.38 bits per heavy atom. The second-order valence-electron chi connectivity index (χ2n) is 6.66. The molecule has 1 atom stereocenters. The number of halogens is 1. The summed E-state index contributed by atoms with van der Waals surface area (Å²) in [6, 6.07) is 7.61. The summed E-state index contributed by atoms with van der Waals surface area (Å²) in [5.41, 5.74) is 0.808. The highest BCUT2D eigenvalue weighted by atomic mass is 79.9. The molecule has 2 aliphatic rings. The minimum Gasteiger partial charge on any atom is -0.324 e. The summed E-state index contributed by atoms with van der Waals surface area (Å²) in [6.45, 7) is 1.55. The first kappa shape index (κ1) is 15.6. The molecule has 0 bridgehead atoms. The number of H-pyrrole nitrogens is 1. The van der Waals surface area contributed by atoms with Gasteiger partial charge in [0.1, 0.15) is 5.82 Å². The smallest absolute Gasteiger partial charge is 0.321 e. The minimum atomic E-state index is -0.0353. The van der Waals surface area contributed by atoms with Gasteiger partial charge in [0.05, 0.1) is 0 Å². The Balaban J connectivity index is 1.31. The van der Waals surface area contributed by atoms with E-state index in [-0.39, 0.29) is 6.03 Å². The molecule has 4 rings (SSSR count). The number of hydrogen-bond donors (Lipinski definition) is 2. The van der Waals surface area contributed by atoms with E-state index < -0.39 is 0 Å². The van der Waals surface area contributed by atoms with Crippen LogP contribution in [-0.2, 0) is 6.42 Å². The highest BCUT2D eigenvalue weighted by Crippen LogP contribution is 2.37. The summed E-state index contributed by atoms with van der Waals surface area (Å²) in [5.74, 6) is 2.94. The van der Waals surface area contributed by atoms with Gasteiger partial charge in [-0.05, 0) is 43.4 Å². The molecule has 1 saturated heterocycles. The van der Waals surface area contributed by atoms with Gasteiger partial charge in [-0.15, -0.1) is 0 Å². The van der Waals surface area contributed by atoms with Gasteiger partial charge in [-0.3, -0.25) is 5.10 Å². The molecule has 0 spiro atoms. The third kappa shape index (κ3) is 3.61. The lowest BCUT2D eigenvalue weighted by Gasteiger charge is -2.17. The molecular weight excluding hydrogens is 370 g/mol. The van der Waals surface area contributed by atoms with E-state index in [1.165, 1.54) is 12.8 Å². The Morgan fingerprint density at radius 2 is 2.25 bits per heavy atom. The fraction of sp³-hybridized carbons (Fsp3) is 0.471. The molecule has 1 saturated carbocycles. The van der Waals surface area contributed by atoms with Crippen molar-refractivity contribution in [1.82, 2.24) is 20.1 Å². The van der Waals surface area contributed by atoms with Gasteiger partial charge >= 0.3 is 6.03 Å². The van der Waals surface area contributed by atoms with Gasteiger partial charge in [0.15, 0.2) is 5.82 Å². The SMILES string of the molecule is O=C(Nc1cccc(Br)c1)N1CCC(Cc2nc(C3CC3)n[nH]2)C1. The van der Waals surface area contributed by atoms with Gasteiger partial charge in [-0.2, -0.15) is 5.10 Å². The summed E-state index contributed by atoms with van der Waals surface area (Å²) < 4.78 is 0.955. The molecule has 1 aliphatic heterocycles. The van der Waals surface area contributed by atoms with Crippen molar-refractivity contribution in [2.45, 2.75) is 31.6 Å². The number of hydrogen-bond acceptors (Lipinski definition) is 3. The maximum absolute atomic E-state index is 12.4. The number of carbonyl (C=O) groups is 1. The highest BCUT2D eigenvalue weighted by molar-refractivity contribution is 9.10. The molecule has 2 heterocycles. The van der Waals surface area contributed by atoms with Crippen molar-refractivity contribution in [1.29, 1.82) is 0 Å². The molecule has 1 aromatic heterocycles. The van der Waals surface area contributed by atoms with Gasteiger partial charge in [-0.25, -0.2) is 9.78 Å². The molecule has 126 valence electrons.